The third-order valence-corrected chi connectivity index (χ3v) is 4.91. The van der Waals surface area contributed by atoms with E-state index in [0.29, 0.717) is 10.8 Å². The summed E-state index contributed by atoms with van der Waals surface area (Å²) in [6, 6.07) is 8.76. The van der Waals surface area contributed by atoms with Crippen molar-refractivity contribution in [2.75, 3.05) is 11.8 Å². The maximum atomic E-state index is 12.4. The van der Waals surface area contributed by atoms with E-state index in [9.17, 15) is 8.42 Å². The molecule has 0 saturated heterocycles. The second kappa shape index (κ2) is 6.32. The minimum Gasteiger partial charge on any atom is -0.495 e. The molecule has 4 nitrogen and oxygen atoms in total. The monoisotopic (exact) mass is 365 g/mol. The summed E-state index contributed by atoms with van der Waals surface area (Å²) in [6.07, 6.45) is 0. The van der Waals surface area contributed by atoms with E-state index in [-0.39, 0.29) is 20.6 Å². The molecule has 0 saturated carbocycles. The zero-order chi connectivity index (χ0) is 15.6. The Morgan fingerprint density at radius 1 is 1.00 bits per heavy atom. The number of rotatable bonds is 4. The Morgan fingerprint density at radius 3 is 2.29 bits per heavy atom. The Hall–Kier alpha value is -1.14. The van der Waals surface area contributed by atoms with Crippen LogP contribution in [0.3, 0.4) is 0 Å². The molecule has 0 fully saturated rings. The van der Waals surface area contributed by atoms with E-state index in [1.807, 2.05) is 0 Å². The van der Waals surface area contributed by atoms with Crippen molar-refractivity contribution in [3.05, 3.63) is 51.5 Å². The van der Waals surface area contributed by atoms with Gasteiger partial charge in [0.2, 0.25) is 0 Å². The van der Waals surface area contributed by atoms with Crippen molar-refractivity contribution in [3.8, 4) is 5.75 Å². The molecule has 112 valence electrons. The largest absolute Gasteiger partial charge is 0.495 e. The zero-order valence-corrected chi connectivity index (χ0v) is 13.8. The van der Waals surface area contributed by atoms with Gasteiger partial charge in [0, 0.05) is 10.0 Å². The number of halogens is 3. The van der Waals surface area contributed by atoms with Gasteiger partial charge >= 0.3 is 0 Å². The Balaban J connectivity index is 2.47. The summed E-state index contributed by atoms with van der Waals surface area (Å²) in [4.78, 5) is -0.126. The van der Waals surface area contributed by atoms with Crippen LogP contribution in [0.15, 0.2) is 41.3 Å². The lowest BCUT2D eigenvalue weighted by atomic mass is 10.3. The van der Waals surface area contributed by atoms with Crippen molar-refractivity contribution in [1.82, 2.24) is 0 Å². The van der Waals surface area contributed by atoms with E-state index in [0.717, 1.165) is 0 Å². The lowest BCUT2D eigenvalue weighted by Gasteiger charge is -2.13. The van der Waals surface area contributed by atoms with E-state index in [1.54, 1.807) is 12.1 Å². The average Bonchev–Trinajstić information content (AvgIpc) is 2.41. The smallest absolute Gasteiger partial charge is 0.263 e. The number of sulfonamides is 1. The molecule has 0 atom stereocenters. The number of nitrogens with one attached hydrogen (secondary N) is 1. The van der Waals surface area contributed by atoms with Crippen LogP contribution < -0.4 is 9.46 Å². The zero-order valence-electron chi connectivity index (χ0n) is 10.7. The number of hydrogen-bond donors (Lipinski definition) is 1. The number of hydrogen-bond acceptors (Lipinski definition) is 3. The van der Waals surface area contributed by atoms with Gasteiger partial charge in [0.25, 0.3) is 10.0 Å². The molecular weight excluding hydrogens is 357 g/mol. The molecule has 1 N–H and O–H groups in total. The predicted octanol–water partition coefficient (Wildman–Crippen LogP) is 4.46. The highest BCUT2D eigenvalue weighted by atomic mass is 35.5. The second-order valence-corrected chi connectivity index (χ2v) is 6.96. The molecule has 0 unspecified atom stereocenters. The molecule has 0 heterocycles. The first-order valence-corrected chi connectivity index (χ1v) is 8.26. The SMILES string of the molecule is COc1ccc(Cl)cc1NS(=O)(=O)c1cc(Cl)ccc1Cl. The molecule has 0 spiro atoms. The molecule has 0 aromatic heterocycles. The fourth-order valence-corrected chi connectivity index (χ4v) is 3.64. The fraction of sp³-hybridized carbons (Fsp3) is 0.0769. The van der Waals surface area contributed by atoms with Crippen molar-refractivity contribution >= 4 is 50.5 Å². The summed E-state index contributed by atoms with van der Waals surface area (Å²) in [7, 11) is -2.50. The minimum atomic E-state index is -3.92. The first-order chi connectivity index (χ1) is 9.83. The fourth-order valence-electron chi connectivity index (χ4n) is 1.64. The molecule has 8 heteroatoms. The van der Waals surface area contributed by atoms with Crippen LogP contribution in [-0.4, -0.2) is 15.5 Å². The van der Waals surface area contributed by atoms with Crippen LogP contribution in [0, 0.1) is 0 Å². The number of methoxy groups -OCH3 is 1. The third-order valence-electron chi connectivity index (χ3n) is 2.59. The first-order valence-electron chi connectivity index (χ1n) is 5.65. The van der Waals surface area contributed by atoms with Crippen LogP contribution in [0.5, 0.6) is 5.75 Å². The van der Waals surface area contributed by atoms with Gasteiger partial charge in [0.05, 0.1) is 17.8 Å². The van der Waals surface area contributed by atoms with Crippen LogP contribution in [0.2, 0.25) is 15.1 Å². The number of anilines is 1. The van der Waals surface area contributed by atoms with Crippen molar-refractivity contribution in [2.24, 2.45) is 0 Å². The quantitative estimate of drug-likeness (QED) is 0.869. The van der Waals surface area contributed by atoms with Gasteiger partial charge in [-0.15, -0.1) is 0 Å². The highest BCUT2D eigenvalue weighted by molar-refractivity contribution is 7.92. The maximum Gasteiger partial charge on any atom is 0.263 e. The first kappa shape index (κ1) is 16.2. The molecule has 0 aliphatic rings. The van der Waals surface area contributed by atoms with Gasteiger partial charge in [-0.05, 0) is 36.4 Å². The number of benzene rings is 2. The molecule has 0 radical (unpaired) electrons. The minimum absolute atomic E-state index is 0.0629. The highest BCUT2D eigenvalue weighted by Crippen LogP contribution is 2.32. The topological polar surface area (TPSA) is 55.4 Å². The Labute approximate surface area is 137 Å². The molecular formula is C13H10Cl3NO3S. The maximum absolute atomic E-state index is 12.4. The van der Waals surface area contributed by atoms with Gasteiger partial charge in [0.15, 0.2) is 0 Å². The molecule has 2 aromatic carbocycles. The van der Waals surface area contributed by atoms with E-state index in [4.69, 9.17) is 39.5 Å². The van der Waals surface area contributed by atoms with E-state index < -0.39 is 10.0 Å². The molecule has 0 aliphatic carbocycles. The molecule has 2 rings (SSSR count). The van der Waals surface area contributed by atoms with E-state index in [2.05, 4.69) is 4.72 Å². The molecule has 2 aromatic rings. The summed E-state index contributed by atoms with van der Waals surface area (Å²) in [5, 5.41) is 0.691. The average molecular weight is 367 g/mol. The van der Waals surface area contributed by atoms with Crippen LogP contribution >= 0.6 is 34.8 Å². The van der Waals surface area contributed by atoms with Gasteiger partial charge in [-0.1, -0.05) is 34.8 Å². The van der Waals surface area contributed by atoms with Gasteiger partial charge < -0.3 is 4.74 Å². The van der Waals surface area contributed by atoms with Gasteiger partial charge in [-0.3, -0.25) is 4.72 Å². The van der Waals surface area contributed by atoms with Gasteiger partial charge in [0.1, 0.15) is 10.6 Å². The Bertz CT molecular complexity index is 778. The van der Waals surface area contributed by atoms with Crippen LogP contribution in [0.1, 0.15) is 0 Å². The summed E-state index contributed by atoms with van der Waals surface area (Å²) in [5.41, 5.74) is 0.209. The van der Waals surface area contributed by atoms with Crippen molar-refractivity contribution in [2.45, 2.75) is 4.90 Å². The van der Waals surface area contributed by atoms with E-state index >= 15 is 0 Å². The molecule has 21 heavy (non-hydrogen) atoms. The molecule has 0 bridgehead atoms. The summed E-state index contributed by atoms with van der Waals surface area (Å²) in [6.45, 7) is 0. The van der Waals surface area contributed by atoms with Crippen LogP contribution in [0.4, 0.5) is 5.69 Å². The third kappa shape index (κ3) is 3.74. The van der Waals surface area contributed by atoms with Gasteiger partial charge in [-0.2, -0.15) is 0 Å². The normalized spacial score (nSPS) is 11.2. The molecule has 0 amide bonds. The van der Waals surface area contributed by atoms with Gasteiger partial charge in [-0.25, -0.2) is 8.42 Å². The lowest BCUT2D eigenvalue weighted by molar-refractivity contribution is 0.417. The van der Waals surface area contributed by atoms with Crippen molar-refractivity contribution in [3.63, 3.8) is 0 Å². The van der Waals surface area contributed by atoms with Crippen molar-refractivity contribution < 1.29 is 13.2 Å². The summed E-state index contributed by atoms with van der Waals surface area (Å²) in [5.74, 6) is 0.334. The van der Waals surface area contributed by atoms with Crippen LogP contribution in [-0.2, 0) is 10.0 Å². The number of ether oxygens (including phenoxy) is 1. The van der Waals surface area contributed by atoms with E-state index in [1.165, 1.54) is 31.4 Å². The summed E-state index contributed by atoms with van der Waals surface area (Å²) >= 11 is 17.6. The standard InChI is InChI=1S/C13H10Cl3NO3S/c1-20-12-5-3-8(14)6-11(12)17-21(18,19)13-7-9(15)2-4-10(13)16/h2-7,17H,1H3. The second-order valence-electron chi connectivity index (χ2n) is 4.02. The Morgan fingerprint density at radius 2 is 1.62 bits per heavy atom. The molecule has 0 aliphatic heterocycles. The lowest BCUT2D eigenvalue weighted by Crippen LogP contribution is -2.14. The highest BCUT2D eigenvalue weighted by Gasteiger charge is 2.20. The predicted molar refractivity (Wildman–Crippen MR) is 85.3 cm³/mol. The van der Waals surface area contributed by atoms with Crippen LogP contribution in [0.25, 0.3) is 0 Å². The van der Waals surface area contributed by atoms with Crippen molar-refractivity contribution in [1.29, 1.82) is 0 Å². The summed E-state index contributed by atoms with van der Waals surface area (Å²) < 4.78 is 32.3. The Kier molecular flexibility index (Phi) is 4.88.